The van der Waals surface area contributed by atoms with Crippen molar-refractivity contribution in [2.24, 2.45) is 0 Å². The Hall–Kier alpha value is -3.08. The van der Waals surface area contributed by atoms with Crippen LogP contribution >= 0.6 is 0 Å². The summed E-state index contributed by atoms with van der Waals surface area (Å²) in [7, 11) is 0. The summed E-state index contributed by atoms with van der Waals surface area (Å²) < 4.78 is 12.0. The molecule has 2 aromatic carbocycles. The van der Waals surface area contributed by atoms with E-state index in [-0.39, 0.29) is 12.3 Å². The first kappa shape index (κ1) is 20.2. The average molecular weight is 405 g/mol. The molecule has 0 radical (unpaired) electrons. The van der Waals surface area contributed by atoms with Crippen molar-refractivity contribution in [1.29, 1.82) is 0 Å². The highest BCUT2D eigenvalue weighted by atomic mass is 16.5. The molecule has 0 saturated carbocycles. The first-order valence-electron chi connectivity index (χ1n) is 10.6. The molecular weight excluding hydrogens is 378 g/mol. The average Bonchev–Trinajstić information content (AvgIpc) is 3.32. The van der Waals surface area contributed by atoms with Crippen molar-refractivity contribution in [2.75, 3.05) is 6.61 Å². The van der Waals surface area contributed by atoms with Gasteiger partial charge in [0.2, 0.25) is 5.89 Å². The molecule has 4 rings (SSSR count). The number of hydrogen-bond acceptors (Lipinski definition) is 4. The second-order valence-electron chi connectivity index (χ2n) is 7.90. The van der Waals surface area contributed by atoms with E-state index in [0.29, 0.717) is 18.9 Å². The normalized spacial score (nSPS) is 15.2. The number of rotatable bonds is 8. The summed E-state index contributed by atoms with van der Waals surface area (Å²) >= 11 is 0. The third-order valence-electron chi connectivity index (χ3n) is 5.74. The molecule has 1 atom stereocenters. The van der Waals surface area contributed by atoms with E-state index in [9.17, 15) is 4.79 Å². The van der Waals surface area contributed by atoms with Gasteiger partial charge in [0.05, 0.1) is 18.7 Å². The molecule has 0 amide bonds. The van der Waals surface area contributed by atoms with E-state index in [2.05, 4.69) is 32.0 Å². The number of fused-ring (bicyclic) bond motifs is 1. The van der Waals surface area contributed by atoms with E-state index in [0.717, 1.165) is 47.6 Å². The van der Waals surface area contributed by atoms with Gasteiger partial charge in [0.1, 0.15) is 11.5 Å². The first-order chi connectivity index (χ1) is 14.5. The van der Waals surface area contributed by atoms with Gasteiger partial charge in [-0.1, -0.05) is 30.7 Å². The smallest absolute Gasteiger partial charge is 0.303 e. The molecule has 0 bridgehead atoms. The van der Waals surface area contributed by atoms with Crippen LogP contribution in [0, 0.1) is 6.92 Å². The Morgan fingerprint density at radius 3 is 2.77 bits per heavy atom. The summed E-state index contributed by atoms with van der Waals surface area (Å²) in [5.74, 6) is 1.76. The van der Waals surface area contributed by atoms with Crippen molar-refractivity contribution in [3.63, 3.8) is 0 Å². The number of aromatic nitrogens is 1. The quantitative estimate of drug-likeness (QED) is 0.548. The molecule has 3 aromatic rings. The minimum absolute atomic E-state index is 0.119. The topological polar surface area (TPSA) is 72.6 Å². The van der Waals surface area contributed by atoms with Crippen molar-refractivity contribution in [3.8, 4) is 17.2 Å². The molecule has 1 heterocycles. The fraction of sp³-hybridized carbons (Fsp3) is 0.360. The number of ether oxygens (including phenoxy) is 1. The molecule has 1 aliphatic rings. The molecule has 5 heteroatoms. The maximum atomic E-state index is 11.0. The number of carbonyl (C=O) groups is 1. The van der Waals surface area contributed by atoms with E-state index in [4.69, 9.17) is 19.2 Å². The van der Waals surface area contributed by atoms with Gasteiger partial charge in [0.15, 0.2) is 0 Å². The Morgan fingerprint density at radius 1 is 1.23 bits per heavy atom. The van der Waals surface area contributed by atoms with Gasteiger partial charge in [-0.3, -0.25) is 4.79 Å². The van der Waals surface area contributed by atoms with Gasteiger partial charge in [0.25, 0.3) is 0 Å². The SMILES string of the molecule is CCc1oc(-c2ccc(C)cc2)nc1CCOc1ccc2c(c1)CC[C@H]2CC(=O)O. The summed E-state index contributed by atoms with van der Waals surface area (Å²) in [5, 5.41) is 9.07. The van der Waals surface area contributed by atoms with Crippen LogP contribution in [0.1, 0.15) is 53.8 Å². The number of benzene rings is 2. The van der Waals surface area contributed by atoms with Crippen molar-refractivity contribution >= 4 is 5.97 Å². The molecule has 5 nitrogen and oxygen atoms in total. The van der Waals surface area contributed by atoms with Crippen molar-refractivity contribution in [1.82, 2.24) is 4.98 Å². The van der Waals surface area contributed by atoms with Crippen molar-refractivity contribution in [3.05, 3.63) is 70.6 Å². The fourth-order valence-corrected chi connectivity index (χ4v) is 4.13. The third-order valence-corrected chi connectivity index (χ3v) is 5.74. The van der Waals surface area contributed by atoms with E-state index >= 15 is 0 Å². The van der Waals surface area contributed by atoms with Crippen molar-refractivity contribution in [2.45, 2.75) is 51.9 Å². The number of nitrogens with zero attached hydrogens (tertiary/aromatic N) is 1. The van der Waals surface area contributed by atoms with Crippen LogP contribution in [-0.2, 0) is 24.1 Å². The maximum absolute atomic E-state index is 11.0. The summed E-state index contributed by atoms with van der Waals surface area (Å²) in [5.41, 5.74) is 5.49. The minimum Gasteiger partial charge on any atom is -0.493 e. The molecule has 1 N–H and O–H groups in total. The van der Waals surface area contributed by atoms with Gasteiger partial charge in [-0.25, -0.2) is 4.98 Å². The largest absolute Gasteiger partial charge is 0.493 e. The molecule has 0 fully saturated rings. The fourth-order valence-electron chi connectivity index (χ4n) is 4.13. The lowest BCUT2D eigenvalue weighted by molar-refractivity contribution is -0.137. The lowest BCUT2D eigenvalue weighted by Crippen LogP contribution is -2.05. The van der Waals surface area contributed by atoms with Crippen molar-refractivity contribution < 1.29 is 19.1 Å². The highest BCUT2D eigenvalue weighted by Gasteiger charge is 2.25. The Balaban J connectivity index is 1.40. The standard InChI is InChI=1S/C25H27NO4/c1-3-23-22(26-25(30-23)17-6-4-16(2)5-7-17)12-13-29-20-10-11-21-18(14-20)8-9-19(21)15-24(27)28/h4-7,10-11,14,19H,3,8-9,12-13,15H2,1-2H3,(H,27,28)/t19-/m0/s1. The van der Waals surface area contributed by atoms with Gasteiger partial charge < -0.3 is 14.3 Å². The first-order valence-corrected chi connectivity index (χ1v) is 10.6. The Morgan fingerprint density at radius 2 is 2.03 bits per heavy atom. The highest BCUT2D eigenvalue weighted by Crippen LogP contribution is 2.37. The molecular formula is C25H27NO4. The lowest BCUT2D eigenvalue weighted by atomic mass is 9.98. The Labute approximate surface area is 176 Å². The van der Waals surface area contributed by atoms with Crippen LogP contribution in [0.25, 0.3) is 11.5 Å². The van der Waals surface area contributed by atoms with Crippen LogP contribution in [0.15, 0.2) is 46.9 Å². The minimum atomic E-state index is -0.738. The Kier molecular flexibility index (Phi) is 5.88. The monoisotopic (exact) mass is 405 g/mol. The molecule has 0 spiro atoms. The van der Waals surface area contributed by atoms with Crippen LogP contribution < -0.4 is 4.74 Å². The Bertz CT molecular complexity index is 1040. The molecule has 1 aliphatic carbocycles. The van der Waals surface area contributed by atoms with Crippen LogP contribution in [0.4, 0.5) is 0 Å². The van der Waals surface area contributed by atoms with Crippen LogP contribution in [0.5, 0.6) is 5.75 Å². The second-order valence-corrected chi connectivity index (χ2v) is 7.90. The summed E-state index contributed by atoms with van der Waals surface area (Å²) in [4.78, 5) is 15.7. The molecule has 0 unspecified atom stereocenters. The summed E-state index contributed by atoms with van der Waals surface area (Å²) in [6.07, 6.45) is 3.47. The van der Waals surface area contributed by atoms with Gasteiger partial charge in [0, 0.05) is 18.4 Å². The van der Waals surface area contributed by atoms with Crippen LogP contribution in [0.3, 0.4) is 0 Å². The number of aryl methyl sites for hydroxylation is 3. The van der Waals surface area contributed by atoms with Gasteiger partial charge in [-0.05, 0) is 61.1 Å². The molecule has 156 valence electrons. The highest BCUT2D eigenvalue weighted by molar-refractivity contribution is 5.68. The predicted molar refractivity (Wildman–Crippen MR) is 115 cm³/mol. The van der Waals surface area contributed by atoms with Gasteiger partial charge in [-0.15, -0.1) is 0 Å². The second kappa shape index (κ2) is 8.74. The zero-order valence-electron chi connectivity index (χ0n) is 17.5. The molecule has 30 heavy (non-hydrogen) atoms. The predicted octanol–water partition coefficient (Wildman–Crippen LogP) is 5.34. The number of aliphatic carboxylic acids is 1. The van der Waals surface area contributed by atoms with Crippen LogP contribution in [0.2, 0.25) is 0 Å². The molecule has 0 aliphatic heterocycles. The number of carboxylic acid groups (broad SMARTS) is 1. The van der Waals surface area contributed by atoms with E-state index < -0.39 is 5.97 Å². The van der Waals surface area contributed by atoms with E-state index in [1.807, 2.05) is 24.3 Å². The van der Waals surface area contributed by atoms with Gasteiger partial charge in [-0.2, -0.15) is 0 Å². The zero-order valence-corrected chi connectivity index (χ0v) is 17.5. The lowest BCUT2D eigenvalue weighted by Gasteiger charge is -2.10. The summed E-state index contributed by atoms with van der Waals surface area (Å²) in [6, 6.07) is 14.2. The maximum Gasteiger partial charge on any atom is 0.303 e. The number of hydrogen-bond donors (Lipinski definition) is 1. The summed E-state index contributed by atoms with van der Waals surface area (Å²) in [6.45, 7) is 4.65. The van der Waals surface area contributed by atoms with Gasteiger partial charge >= 0.3 is 5.97 Å². The van der Waals surface area contributed by atoms with E-state index in [1.165, 1.54) is 11.1 Å². The number of oxazole rings is 1. The molecule has 0 saturated heterocycles. The number of carboxylic acids is 1. The third kappa shape index (κ3) is 4.40. The molecule has 1 aromatic heterocycles. The zero-order chi connectivity index (χ0) is 21.1. The van der Waals surface area contributed by atoms with Crippen LogP contribution in [-0.4, -0.2) is 22.7 Å². The van der Waals surface area contributed by atoms with E-state index in [1.54, 1.807) is 0 Å².